The van der Waals surface area contributed by atoms with Gasteiger partial charge in [0.15, 0.2) is 0 Å². The summed E-state index contributed by atoms with van der Waals surface area (Å²) in [5.74, 6) is -0.0336. The first-order valence-corrected chi connectivity index (χ1v) is 10.3. The number of hydrogen-bond acceptors (Lipinski definition) is 3. The molecule has 0 spiro atoms. The third-order valence-electron chi connectivity index (χ3n) is 5.85. The van der Waals surface area contributed by atoms with Crippen LogP contribution in [0.15, 0.2) is 82.4 Å². The van der Waals surface area contributed by atoms with E-state index in [1.807, 2.05) is 29.2 Å². The summed E-state index contributed by atoms with van der Waals surface area (Å²) in [4.78, 5) is 41.9. The number of nitrogens with one attached hydrogen (secondary N) is 1. The molecule has 0 bridgehead atoms. The van der Waals surface area contributed by atoms with E-state index in [1.165, 1.54) is 4.57 Å². The Kier molecular flexibility index (Phi) is 4.75. The molecular formula is C25H21N3O3. The van der Waals surface area contributed by atoms with Gasteiger partial charge in [-0.1, -0.05) is 60.7 Å². The molecule has 0 atom stereocenters. The molecule has 31 heavy (non-hydrogen) atoms. The van der Waals surface area contributed by atoms with E-state index in [4.69, 9.17) is 0 Å². The molecular weight excluding hydrogens is 390 g/mol. The van der Waals surface area contributed by atoms with Crippen LogP contribution in [0.1, 0.15) is 17.5 Å². The predicted molar refractivity (Wildman–Crippen MR) is 120 cm³/mol. The number of para-hydroxylation sites is 1. The van der Waals surface area contributed by atoms with E-state index in [9.17, 15) is 14.4 Å². The van der Waals surface area contributed by atoms with Crippen molar-refractivity contribution in [3.8, 4) is 11.1 Å². The minimum absolute atomic E-state index is 0.0336. The van der Waals surface area contributed by atoms with Gasteiger partial charge in [-0.25, -0.2) is 4.79 Å². The van der Waals surface area contributed by atoms with Gasteiger partial charge in [-0.3, -0.25) is 19.1 Å². The lowest BCUT2D eigenvalue weighted by atomic mass is 9.97. The summed E-state index contributed by atoms with van der Waals surface area (Å²) >= 11 is 0. The maximum atomic E-state index is 13.2. The molecule has 1 aliphatic rings. The summed E-state index contributed by atoms with van der Waals surface area (Å²) in [5.41, 5.74) is 4.13. The second-order valence-corrected chi connectivity index (χ2v) is 7.74. The van der Waals surface area contributed by atoms with E-state index in [0.717, 1.165) is 22.3 Å². The van der Waals surface area contributed by atoms with Crippen LogP contribution in [0.5, 0.6) is 0 Å². The Hall–Kier alpha value is -3.93. The van der Waals surface area contributed by atoms with Crippen LogP contribution in [0.4, 0.5) is 0 Å². The smallest absolute Gasteiger partial charge is 0.328 e. The molecule has 1 amide bonds. The monoisotopic (exact) mass is 411 g/mol. The summed E-state index contributed by atoms with van der Waals surface area (Å²) in [7, 11) is 0. The summed E-state index contributed by atoms with van der Waals surface area (Å²) in [6.45, 7) is 1.24. The minimum Gasteiger partial charge on any atom is -0.334 e. The largest absolute Gasteiger partial charge is 0.334 e. The Balaban J connectivity index is 1.44. The highest BCUT2D eigenvalue weighted by atomic mass is 16.2. The first-order valence-electron chi connectivity index (χ1n) is 10.3. The lowest BCUT2D eigenvalue weighted by molar-refractivity contribution is -0.132. The van der Waals surface area contributed by atoms with Gasteiger partial charge in [0, 0.05) is 26.1 Å². The zero-order chi connectivity index (χ0) is 21.4. The Morgan fingerprint density at radius 3 is 2.06 bits per heavy atom. The molecule has 3 aromatic carbocycles. The van der Waals surface area contributed by atoms with Gasteiger partial charge in [0.1, 0.15) is 0 Å². The van der Waals surface area contributed by atoms with Crippen molar-refractivity contribution < 1.29 is 4.79 Å². The van der Waals surface area contributed by atoms with E-state index < -0.39 is 11.2 Å². The van der Waals surface area contributed by atoms with Gasteiger partial charge in [0.05, 0.1) is 10.9 Å². The Morgan fingerprint density at radius 1 is 0.806 bits per heavy atom. The highest BCUT2D eigenvalue weighted by Crippen LogP contribution is 2.32. The van der Waals surface area contributed by atoms with Crippen LogP contribution in [0.25, 0.3) is 22.0 Å². The van der Waals surface area contributed by atoms with Crippen molar-refractivity contribution in [1.82, 2.24) is 14.5 Å². The molecule has 6 heteroatoms. The normalized spacial score (nSPS) is 12.8. The van der Waals surface area contributed by atoms with Gasteiger partial charge >= 0.3 is 5.69 Å². The Labute approximate surface area is 178 Å². The standard InChI is InChI=1S/C25H21N3O3/c29-23(13-14-28-22-12-6-5-11-21(22)24(30)26-25(28)31)27-15-17-7-1-3-9-19(17)20-10-4-2-8-18(20)16-27/h1-12H,13-16H2,(H,26,30,31). The van der Waals surface area contributed by atoms with Crippen LogP contribution in [-0.4, -0.2) is 20.4 Å². The number of benzene rings is 3. The SMILES string of the molecule is O=C(CCn1c(=O)[nH]c(=O)c2ccccc21)N1Cc2ccccc2-c2ccccc2C1. The van der Waals surface area contributed by atoms with Gasteiger partial charge in [-0.15, -0.1) is 0 Å². The maximum absolute atomic E-state index is 13.2. The lowest BCUT2D eigenvalue weighted by Crippen LogP contribution is -2.34. The van der Waals surface area contributed by atoms with Crippen LogP contribution >= 0.6 is 0 Å². The van der Waals surface area contributed by atoms with Gasteiger partial charge in [-0.05, 0) is 34.4 Å². The van der Waals surface area contributed by atoms with Crippen LogP contribution in [0.2, 0.25) is 0 Å². The van der Waals surface area contributed by atoms with Crippen LogP contribution in [-0.2, 0) is 24.4 Å². The minimum atomic E-state index is -0.497. The van der Waals surface area contributed by atoms with E-state index in [-0.39, 0.29) is 18.9 Å². The second-order valence-electron chi connectivity index (χ2n) is 7.74. The molecule has 6 nitrogen and oxygen atoms in total. The van der Waals surface area contributed by atoms with Crippen LogP contribution in [0.3, 0.4) is 0 Å². The second kappa shape index (κ2) is 7.72. The third kappa shape index (κ3) is 3.46. The van der Waals surface area contributed by atoms with Crippen molar-refractivity contribution in [2.75, 3.05) is 0 Å². The zero-order valence-electron chi connectivity index (χ0n) is 16.9. The third-order valence-corrected chi connectivity index (χ3v) is 5.85. The van der Waals surface area contributed by atoms with Crippen molar-refractivity contribution in [3.05, 3.63) is 105 Å². The number of nitrogens with zero attached hydrogens (tertiary/aromatic N) is 2. The van der Waals surface area contributed by atoms with Gasteiger partial charge in [0.25, 0.3) is 5.56 Å². The summed E-state index contributed by atoms with van der Waals surface area (Å²) in [6.07, 6.45) is 0.167. The molecule has 1 N–H and O–H groups in total. The Bertz CT molecular complexity index is 1370. The van der Waals surface area contributed by atoms with Crippen LogP contribution < -0.4 is 11.2 Å². The first kappa shape index (κ1) is 19.1. The van der Waals surface area contributed by atoms with Crippen LogP contribution in [0, 0.1) is 0 Å². The van der Waals surface area contributed by atoms with Gasteiger partial charge < -0.3 is 4.90 Å². The lowest BCUT2D eigenvalue weighted by Gasteiger charge is -2.22. The molecule has 5 rings (SSSR count). The fourth-order valence-electron chi connectivity index (χ4n) is 4.32. The molecule has 0 fully saturated rings. The van der Waals surface area contributed by atoms with Crippen molar-refractivity contribution in [2.24, 2.45) is 0 Å². The number of carbonyl (C=O) groups is 1. The number of hydrogen-bond donors (Lipinski definition) is 1. The average Bonchev–Trinajstić information content (AvgIpc) is 2.96. The van der Waals surface area contributed by atoms with E-state index in [0.29, 0.717) is 24.0 Å². The summed E-state index contributed by atoms with van der Waals surface area (Å²) in [5, 5.41) is 0.437. The fraction of sp³-hybridized carbons (Fsp3) is 0.160. The topological polar surface area (TPSA) is 75.2 Å². The zero-order valence-corrected chi connectivity index (χ0v) is 16.9. The number of rotatable bonds is 3. The van der Waals surface area contributed by atoms with Gasteiger partial charge in [0.2, 0.25) is 5.91 Å². The maximum Gasteiger partial charge on any atom is 0.328 e. The summed E-state index contributed by atoms with van der Waals surface area (Å²) in [6, 6.07) is 23.2. The predicted octanol–water partition coefficient (Wildman–Crippen LogP) is 3.29. The molecule has 2 heterocycles. The Morgan fingerprint density at radius 2 is 1.39 bits per heavy atom. The van der Waals surface area contributed by atoms with Crippen molar-refractivity contribution in [2.45, 2.75) is 26.1 Å². The summed E-state index contributed by atoms with van der Waals surface area (Å²) < 4.78 is 1.47. The van der Waals surface area contributed by atoms with Gasteiger partial charge in [-0.2, -0.15) is 0 Å². The molecule has 1 aliphatic heterocycles. The molecule has 0 radical (unpaired) electrons. The first-order chi connectivity index (χ1) is 15.1. The van der Waals surface area contributed by atoms with Crippen molar-refractivity contribution >= 4 is 16.8 Å². The van der Waals surface area contributed by atoms with E-state index in [1.54, 1.807) is 24.3 Å². The van der Waals surface area contributed by atoms with Crippen molar-refractivity contribution in [3.63, 3.8) is 0 Å². The molecule has 0 aliphatic carbocycles. The number of aromatic nitrogens is 2. The number of amides is 1. The molecule has 4 aromatic rings. The quantitative estimate of drug-likeness (QED) is 0.562. The number of fused-ring (bicyclic) bond motifs is 4. The molecule has 1 aromatic heterocycles. The number of carbonyl (C=O) groups excluding carboxylic acids is 1. The van der Waals surface area contributed by atoms with E-state index in [2.05, 4.69) is 29.2 Å². The van der Waals surface area contributed by atoms with Crippen molar-refractivity contribution in [1.29, 1.82) is 0 Å². The van der Waals surface area contributed by atoms with E-state index >= 15 is 0 Å². The highest BCUT2D eigenvalue weighted by Gasteiger charge is 2.22. The molecule has 0 saturated carbocycles. The average molecular weight is 411 g/mol. The molecule has 0 unspecified atom stereocenters. The highest BCUT2D eigenvalue weighted by molar-refractivity contribution is 5.80. The number of H-pyrrole nitrogens is 1. The number of aryl methyl sites for hydroxylation is 1. The molecule has 154 valence electrons. The molecule has 0 saturated heterocycles. The fourth-order valence-corrected chi connectivity index (χ4v) is 4.32. The number of aromatic amines is 1.